The van der Waals surface area contributed by atoms with E-state index in [0.717, 1.165) is 51.4 Å². The van der Waals surface area contributed by atoms with Crippen LogP contribution in [0, 0.1) is 5.41 Å². The fourth-order valence-electron chi connectivity index (χ4n) is 4.35. The lowest BCUT2D eigenvalue weighted by Gasteiger charge is -2.49. The molecule has 0 unspecified atom stereocenters. The Morgan fingerprint density at radius 3 is 2.81 bits per heavy atom. The molecule has 2 aliphatic rings. The van der Waals surface area contributed by atoms with Crippen molar-refractivity contribution in [1.82, 2.24) is 19.8 Å². The number of carbonyl (C=O) groups is 1. The zero-order valence-electron chi connectivity index (χ0n) is 16.7. The molecule has 1 amide bonds. The number of likely N-dealkylation sites (N-methyl/N-ethyl adjacent to an activating group) is 1. The Kier molecular flexibility index (Phi) is 5.80. The van der Waals surface area contributed by atoms with Gasteiger partial charge in [0.2, 0.25) is 5.91 Å². The van der Waals surface area contributed by atoms with E-state index >= 15 is 0 Å². The molecule has 2 aliphatic heterocycles. The first kappa shape index (κ1) is 19.1. The van der Waals surface area contributed by atoms with E-state index in [-0.39, 0.29) is 5.41 Å². The van der Waals surface area contributed by atoms with Gasteiger partial charge in [-0.2, -0.15) is 0 Å². The summed E-state index contributed by atoms with van der Waals surface area (Å²) in [5.41, 5.74) is 1.43. The topological polar surface area (TPSA) is 52.6 Å². The average molecular weight is 360 g/mol. The van der Waals surface area contributed by atoms with E-state index < -0.39 is 0 Å². The fourth-order valence-corrected chi connectivity index (χ4v) is 4.35. The van der Waals surface area contributed by atoms with Crippen molar-refractivity contribution in [2.45, 2.75) is 45.4 Å². The zero-order chi connectivity index (χ0) is 18.7. The first-order valence-corrected chi connectivity index (χ1v) is 9.87. The van der Waals surface area contributed by atoms with Crippen LogP contribution >= 0.6 is 0 Å². The molecular weight excluding hydrogens is 326 g/mol. The van der Waals surface area contributed by atoms with Crippen LogP contribution in [0.3, 0.4) is 0 Å². The number of anilines is 1. The molecule has 0 N–H and O–H groups in total. The Labute approximate surface area is 157 Å². The van der Waals surface area contributed by atoms with Crippen molar-refractivity contribution < 1.29 is 4.79 Å². The summed E-state index contributed by atoms with van der Waals surface area (Å²) in [6, 6.07) is 0. The van der Waals surface area contributed by atoms with Crippen LogP contribution in [-0.2, 0) is 4.79 Å². The van der Waals surface area contributed by atoms with Crippen molar-refractivity contribution >= 4 is 11.7 Å². The number of amides is 1. The predicted molar refractivity (Wildman–Crippen MR) is 104 cm³/mol. The van der Waals surface area contributed by atoms with E-state index in [0.29, 0.717) is 18.2 Å². The van der Waals surface area contributed by atoms with Gasteiger partial charge in [0.05, 0.1) is 0 Å². The second-order valence-corrected chi connectivity index (χ2v) is 8.60. The monoisotopic (exact) mass is 359 g/mol. The molecule has 0 aromatic carbocycles. The summed E-state index contributed by atoms with van der Waals surface area (Å²) >= 11 is 0. The van der Waals surface area contributed by atoms with E-state index in [1.165, 1.54) is 12.0 Å². The van der Waals surface area contributed by atoms with Gasteiger partial charge in [0.1, 0.15) is 12.1 Å². The maximum Gasteiger partial charge on any atom is 0.222 e. The molecule has 0 bridgehead atoms. The summed E-state index contributed by atoms with van der Waals surface area (Å²) in [6.45, 7) is 9.08. The molecule has 144 valence electrons. The van der Waals surface area contributed by atoms with E-state index in [1.807, 2.05) is 6.20 Å². The predicted octanol–water partition coefficient (Wildman–Crippen LogP) is 2.37. The summed E-state index contributed by atoms with van der Waals surface area (Å²) in [5.74, 6) is 1.82. The number of hydrogen-bond acceptors (Lipinski definition) is 5. The summed E-state index contributed by atoms with van der Waals surface area (Å²) in [6.07, 6.45) is 7.68. The van der Waals surface area contributed by atoms with Crippen LogP contribution in [0.2, 0.25) is 0 Å². The number of likely N-dealkylation sites (tertiary alicyclic amines) is 1. The number of piperidine rings is 2. The lowest BCUT2D eigenvalue weighted by Crippen LogP contribution is -2.55. The van der Waals surface area contributed by atoms with Crippen LogP contribution < -0.4 is 4.90 Å². The molecule has 3 heterocycles. The van der Waals surface area contributed by atoms with Gasteiger partial charge in [-0.1, -0.05) is 13.8 Å². The Hall–Kier alpha value is -1.69. The first-order valence-electron chi connectivity index (χ1n) is 9.87. The van der Waals surface area contributed by atoms with Crippen LogP contribution in [0.15, 0.2) is 12.5 Å². The molecule has 1 aromatic rings. The van der Waals surface area contributed by atoms with Crippen molar-refractivity contribution in [2.75, 3.05) is 51.7 Å². The third-order valence-corrected chi connectivity index (χ3v) is 5.87. The number of aromatic nitrogens is 2. The van der Waals surface area contributed by atoms with Crippen molar-refractivity contribution in [3.8, 4) is 0 Å². The quantitative estimate of drug-likeness (QED) is 0.808. The van der Waals surface area contributed by atoms with E-state index in [2.05, 4.69) is 52.6 Å². The van der Waals surface area contributed by atoms with Gasteiger partial charge in [0.15, 0.2) is 0 Å². The van der Waals surface area contributed by atoms with Gasteiger partial charge in [-0.3, -0.25) is 4.79 Å². The Morgan fingerprint density at radius 1 is 1.27 bits per heavy atom. The highest BCUT2D eigenvalue weighted by atomic mass is 16.2. The maximum absolute atomic E-state index is 12.4. The van der Waals surface area contributed by atoms with Gasteiger partial charge >= 0.3 is 0 Å². The lowest BCUT2D eigenvalue weighted by atomic mass is 9.73. The molecule has 26 heavy (non-hydrogen) atoms. The number of rotatable bonds is 5. The molecule has 6 nitrogen and oxygen atoms in total. The Bertz CT molecular complexity index is 632. The second kappa shape index (κ2) is 7.91. The van der Waals surface area contributed by atoms with E-state index in [1.54, 1.807) is 6.33 Å². The second-order valence-electron chi connectivity index (χ2n) is 8.60. The summed E-state index contributed by atoms with van der Waals surface area (Å²) in [5, 5.41) is 0. The highest BCUT2D eigenvalue weighted by molar-refractivity contribution is 5.77. The molecule has 1 aromatic heterocycles. The third-order valence-electron chi connectivity index (χ3n) is 5.87. The molecule has 2 saturated heterocycles. The van der Waals surface area contributed by atoms with Crippen molar-refractivity contribution in [3.63, 3.8) is 0 Å². The largest absolute Gasteiger partial charge is 0.356 e. The summed E-state index contributed by atoms with van der Waals surface area (Å²) in [7, 11) is 4.13. The van der Waals surface area contributed by atoms with Gasteiger partial charge in [0.25, 0.3) is 0 Å². The van der Waals surface area contributed by atoms with Crippen LogP contribution in [0.1, 0.15) is 51.0 Å². The average Bonchev–Trinajstić information content (AvgIpc) is 2.63. The minimum absolute atomic E-state index is 0.206. The zero-order valence-corrected chi connectivity index (χ0v) is 16.7. The SMILES string of the molecule is CC(C)c1cncnc1N1CCC[C@@]2(CCC(=O)N(CCN(C)C)C2)C1. The molecule has 0 radical (unpaired) electrons. The number of nitrogens with zero attached hydrogens (tertiary/aromatic N) is 5. The van der Waals surface area contributed by atoms with Crippen LogP contribution in [0.25, 0.3) is 0 Å². The molecule has 0 saturated carbocycles. The summed E-state index contributed by atoms with van der Waals surface area (Å²) < 4.78 is 0. The van der Waals surface area contributed by atoms with Crippen molar-refractivity contribution in [1.29, 1.82) is 0 Å². The smallest absolute Gasteiger partial charge is 0.222 e. The minimum Gasteiger partial charge on any atom is -0.356 e. The standard InChI is InChI=1S/C20H33N5O/c1-16(2)17-12-21-15-22-19(17)25-9-5-7-20(14-25)8-6-18(26)24(13-20)11-10-23(3)4/h12,15-16H,5-11,13-14H2,1-4H3/t20-/m0/s1. The lowest BCUT2D eigenvalue weighted by molar-refractivity contribution is -0.138. The van der Waals surface area contributed by atoms with Gasteiger partial charge < -0.3 is 14.7 Å². The molecule has 1 spiro atoms. The van der Waals surface area contributed by atoms with Gasteiger partial charge in [-0.25, -0.2) is 9.97 Å². The molecular formula is C20H33N5O. The number of carbonyl (C=O) groups excluding carboxylic acids is 1. The molecule has 0 aliphatic carbocycles. The highest BCUT2D eigenvalue weighted by Gasteiger charge is 2.42. The molecule has 6 heteroatoms. The molecule has 2 fully saturated rings. The van der Waals surface area contributed by atoms with Crippen molar-refractivity contribution in [2.24, 2.45) is 5.41 Å². The Balaban J connectivity index is 1.76. The minimum atomic E-state index is 0.206. The van der Waals surface area contributed by atoms with Gasteiger partial charge in [-0.05, 0) is 39.3 Å². The third kappa shape index (κ3) is 4.17. The first-order chi connectivity index (χ1) is 12.4. The van der Waals surface area contributed by atoms with Crippen LogP contribution in [0.5, 0.6) is 0 Å². The summed E-state index contributed by atoms with van der Waals surface area (Å²) in [4.78, 5) is 27.9. The van der Waals surface area contributed by atoms with E-state index in [9.17, 15) is 4.79 Å². The molecule has 1 atom stereocenters. The highest BCUT2D eigenvalue weighted by Crippen LogP contribution is 2.40. The Morgan fingerprint density at radius 2 is 2.08 bits per heavy atom. The van der Waals surface area contributed by atoms with Gasteiger partial charge in [0, 0.05) is 56.3 Å². The fraction of sp³-hybridized carbons (Fsp3) is 0.750. The van der Waals surface area contributed by atoms with Crippen LogP contribution in [0.4, 0.5) is 5.82 Å². The maximum atomic E-state index is 12.4. The number of hydrogen-bond donors (Lipinski definition) is 0. The van der Waals surface area contributed by atoms with Crippen molar-refractivity contribution in [3.05, 3.63) is 18.1 Å². The molecule has 3 rings (SSSR count). The van der Waals surface area contributed by atoms with Gasteiger partial charge in [-0.15, -0.1) is 0 Å². The van der Waals surface area contributed by atoms with E-state index in [4.69, 9.17) is 0 Å². The normalized spacial score (nSPS) is 24.2. The van der Waals surface area contributed by atoms with Crippen LogP contribution in [-0.4, -0.2) is 72.5 Å².